The Bertz CT molecular complexity index is 207. The van der Waals surface area contributed by atoms with Gasteiger partial charge in [0, 0.05) is 7.05 Å². The fraction of sp³-hybridized carbons (Fsp3) is 0.500. The summed E-state index contributed by atoms with van der Waals surface area (Å²) in [6.07, 6.45) is 0. The summed E-state index contributed by atoms with van der Waals surface area (Å²) in [5, 5.41) is 4.48. The van der Waals surface area contributed by atoms with E-state index in [0.717, 1.165) is 7.05 Å². The van der Waals surface area contributed by atoms with E-state index in [0.29, 0.717) is 0 Å². The van der Waals surface area contributed by atoms with E-state index in [1.807, 2.05) is 0 Å². The maximum atomic E-state index is 10.2. The van der Waals surface area contributed by atoms with Gasteiger partial charge in [-0.15, -0.1) is 0 Å². The van der Waals surface area contributed by atoms with Crippen LogP contribution in [0.1, 0.15) is 0 Å². The molecule has 0 unspecified atom stereocenters. The SMILES string of the molecule is CN(C(N)=O)S(N)(=O)=O. The largest absolute Gasteiger partial charge is 0.351 e. The van der Waals surface area contributed by atoms with Gasteiger partial charge < -0.3 is 5.73 Å². The van der Waals surface area contributed by atoms with Crippen LogP contribution in [-0.2, 0) is 10.2 Å². The van der Waals surface area contributed by atoms with Gasteiger partial charge in [-0.25, -0.2) is 14.2 Å². The van der Waals surface area contributed by atoms with Gasteiger partial charge in [0.25, 0.3) is 0 Å². The number of rotatable bonds is 1. The van der Waals surface area contributed by atoms with Crippen molar-refractivity contribution < 1.29 is 13.2 Å². The van der Waals surface area contributed by atoms with Crippen LogP contribution in [0, 0.1) is 0 Å². The lowest BCUT2D eigenvalue weighted by molar-refractivity contribution is 0.237. The monoisotopic (exact) mass is 153 g/mol. The van der Waals surface area contributed by atoms with Crippen LogP contribution < -0.4 is 10.9 Å². The quantitative estimate of drug-likeness (QED) is 0.464. The minimum Gasteiger partial charge on any atom is -0.351 e. The van der Waals surface area contributed by atoms with Crippen LogP contribution in [0.4, 0.5) is 4.79 Å². The third kappa shape index (κ3) is 2.29. The lowest BCUT2D eigenvalue weighted by Gasteiger charge is -2.08. The van der Waals surface area contributed by atoms with E-state index in [1.165, 1.54) is 0 Å². The minimum absolute atomic E-state index is 0.243. The number of primary amides is 1. The molecule has 54 valence electrons. The van der Waals surface area contributed by atoms with Gasteiger partial charge in [-0.2, -0.15) is 8.42 Å². The number of nitrogens with zero attached hydrogens (tertiary/aromatic N) is 1. The van der Waals surface area contributed by atoms with Gasteiger partial charge in [-0.3, -0.25) is 0 Å². The molecule has 6 nitrogen and oxygen atoms in total. The summed E-state index contributed by atoms with van der Waals surface area (Å²) in [6, 6.07) is -1.10. The summed E-state index contributed by atoms with van der Waals surface area (Å²) < 4.78 is 20.6. The maximum absolute atomic E-state index is 10.2. The molecule has 0 spiro atoms. The smallest absolute Gasteiger partial charge is 0.329 e. The molecular formula is C2H7N3O3S. The Labute approximate surface area is 52.6 Å². The molecule has 0 aromatic heterocycles. The Morgan fingerprint density at radius 1 is 1.56 bits per heavy atom. The van der Waals surface area contributed by atoms with Gasteiger partial charge in [0.1, 0.15) is 0 Å². The van der Waals surface area contributed by atoms with E-state index in [9.17, 15) is 13.2 Å². The molecule has 7 heteroatoms. The first-order valence-electron chi connectivity index (χ1n) is 1.92. The van der Waals surface area contributed by atoms with Crippen molar-refractivity contribution in [2.45, 2.75) is 0 Å². The van der Waals surface area contributed by atoms with E-state index < -0.39 is 16.2 Å². The van der Waals surface area contributed by atoms with Gasteiger partial charge in [-0.1, -0.05) is 0 Å². The molecule has 0 saturated carbocycles. The maximum Gasteiger partial charge on any atom is 0.329 e. The van der Waals surface area contributed by atoms with Gasteiger partial charge in [0.15, 0.2) is 0 Å². The molecule has 0 atom stereocenters. The number of carbonyl (C=O) groups excluding carboxylic acids is 1. The molecule has 0 rings (SSSR count). The highest BCUT2D eigenvalue weighted by Gasteiger charge is 2.14. The number of carbonyl (C=O) groups is 1. The van der Waals surface area contributed by atoms with Crippen molar-refractivity contribution in [3.8, 4) is 0 Å². The van der Waals surface area contributed by atoms with E-state index in [-0.39, 0.29) is 4.31 Å². The standard InChI is InChI=1S/C2H7N3O3S/c1-5(2(3)6)9(4,7)8/h1H3,(H2,3,6)(H2,4,7,8). The summed E-state index contributed by atoms with van der Waals surface area (Å²) in [5.74, 6) is 0. The Morgan fingerprint density at radius 3 is 1.89 bits per heavy atom. The van der Waals surface area contributed by atoms with Crippen LogP contribution in [0.15, 0.2) is 0 Å². The van der Waals surface area contributed by atoms with E-state index >= 15 is 0 Å². The third-order valence-corrected chi connectivity index (χ3v) is 1.64. The van der Waals surface area contributed by atoms with Crippen LogP contribution in [0.25, 0.3) is 0 Å². The summed E-state index contributed by atoms with van der Waals surface area (Å²) in [7, 11) is -2.97. The third-order valence-electron chi connectivity index (χ3n) is 0.692. The molecule has 0 radical (unpaired) electrons. The zero-order chi connectivity index (χ0) is 7.65. The second-order valence-electron chi connectivity index (χ2n) is 1.35. The Hall–Kier alpha value is -0.820. The second-order valence-corrected chi connectivity index (χ2v) is 2.93. The highest BCUT2D eigenvalue weighted by molar-refractivity contribution is 7.87. The van der Waals surface area contributed by atoms with Crippen molar-refractivity contribution in [3.63, 3.8) is 0 Å². The molecular weight excluding hydrogens is 146 g/mol. The van der Waals surface area contributed by atoms with Gasteiger partial charge in [0.05, 0.1) is 0 Å². The molecule has 2 amide bonds. The van der Waals surface area contributed by atoms with Crippen molar-refractivity contribution in [3.05, 3.63) is 0 Å². The fourth-order valence-electron chi connectivity index (χ4n) is 0.125. The molecule has 4 N–H and O–H groups in total. The van der Waals surface area contributed by atoms with Crippen LogP contribution in [-0.4, -0.2) is 25.8 Å². The zero-order valence-electron chi connectivity index (χ0n) is 4.73. The highest BCUT2D eigenvalue weighted by atomic mass is 32.2. The first-order valence-corrected chi connectivity index (χ1v) is 3.42. The van der Waals surface area contributed by atoms with Crippen molar-refractivity contribution in [1.82, 2.24) is 4.31 Å². The molecule has 0 saturated heterocycles. The normalized spacial score (nSPS) is 10.9. The van der Waals surface area contributed by atoms with Crippen LogP contribution in [0.2, 0.25) is 0 Å². The summed E-state index contributed by atoms with van der Waals surface area (Å²) >= 11 is 0. The summed E-state index contributed by atoms with van der Waals surface area (Å²) in [6.45, 7) is 0. The van der Waals surface area contributed by atoms with Crippen molar-refractivity contribution in [1.29, 1.82) is 0 Å². The van der Waals surface area contributed by atoms with Crippen molar-refractivity contribution >= 4 is 16.2 Å². The predicted octanol–water partition coefficient (Wildman–Crippen LogP) is -1.80. The van der Waals surface area contributed by atoms with Gasteiger partial charge in [0.2, 0.25) is 0 Å². The molecule has 0 aromatic rings. The Kier molecular flexibility index (Phi) is 1.99. The van der Waals surface area contributed by atoms with E-state index in [1.54, 1.807) is 0 Å². The van der Waals surface area contributed by atoms with Gasteiger partial charge >= 0.3 is 16.2 Å². The molecule has 0 heterocycles. The summed E-state index contributed by atoms with van der Waals surface area (Å²) in [5.41, 5.74) is 4.55. The fourth-order valence-corrected chi connectivity index (χ4v) is 0.376. The van der Waals surface area contributed by atoms with Crippen LogP contribution in [0.3, 0.4) is 0 Å². The number of amides is 2. The van der Waals surface area contributed by atoms with E-state index in [2.05, 4.69) is 10.9 Å². The Morgan fingerprint density at radius 2 is 1.89 bits per heavy atom. The molecule has 0 bridgehead atoms. The number of nitrogens with two attached hydrogens (primary N) is 2. The lowest BCUT2D eigenvalue weighted by Crippen LogP contribution is -2.41. The van der Waals surface area contributed by atoms with Gasteiger partial charge in [-0.05, 0) is 0 Å². The number of hydrogen-bond donors (Lipinski definition) is 2. The average molecular weight is 153 g/mol. The number of hydrogen-bond acceptors (Lipinski definition) is 3. The topological polar surface area (TPSA) is 106 Å². The zero-order valence-corrected chi connectivity index (χ0v) is 5.55. The molecule has 9 heavy (non-hydrogen) atoms. The average Bonchev–Trinajstić information content (AvgIpc) is 1.62. The molecule has 0 aromatic carbocycles. The predicted molar refractivity (Wildman–Crippen MR) is 30.5 cm³/mol. The van der Waals surface area contributed by atoms with Crippen LogP contribution in [0.5, 0.6) is 0 Å². The Balaban J connectivity index is 4.43. The first-order chi connectivity index (χ1) is 3.85. The molecule has 0 aliphatic carbocycles. The highest BCUT2D eigenvalue weighted by Crippen LogP contribution is 1.85. The first kappa shape index (κ1) is 8.18. The van der Waals surface area contributed by atoms with E-state index in [4.69, 9.17) is 0 Å². The number of urea groups is 1. The second kappa shape index (κ2) is 2.19. The molecule has 0 aliphatic heterocycles. The van der Waals surface area contributed by atoms with Crippen molar-refractivity contribution in [2.24, 2.45) is 10.9 Å². The van der Waals surface area contributed by atoms with Crippen molar-refractivity contribution in [2.75, 3.05) is 7.05 Å². The van der Waals surface area contributed by atoms with Crippen LogP contribution >= 0.6 is 0 Å². The minimum atomic E-state index is -3.94. The summed E-state index contributed by atoms with van der Waals surface area (Å²) in [4.78, 5) is 10.0. The molecule has 0 fully saturated rings. The molecule has 0 aliphatic rings. The lowest BCUT2D eigenvalue weighted by atomic mass is 11.0.